The number of rotatable bonds is 2. The minimum absolute atomic E-state index is 0.288. The van der Waals surface area contributed by atoms with E-state index in [1.165, 1.54) is 12.8 Å². The number of nitriles is 1. The van der Waals surface area contributed by atoms with Gasteiger partial charge in [0.25, 0.3) is 5.91 Å². The lowest BCUT2D eigenvalue weighted by molar-refractivity contribution is 0.0943. The van der Waals surface area contributed by atoms with E-state index in [4.69, 9.17) is 17.5 Å². The maximum absolute atomic E-state index is 12.0. The average Bonchev–Trinajstić information content (AvgIpc) is 2.57. The van der Waals surface area contributed by atoms with E-state index in [0.717, 1.165) is 6.42 Å². The van der Waals surface area contributed by atoms with Crippen molar-refractivity contribution in [2.75, 3.05) is 0 Å². The number of thiocarbonyl (C=S) groups is 1. The van der Waals surface area contributed by atoms with Crippen LogP contribution >= 0.6 is 12.2 Å². The number of nitrogens with one attached hydrogen (secondary N) is 3. The Kier molecular flexibility index (Phi) is 5.94. The number of hydrazine groups is 1. The number of hydrogen-bond donors (Lipinski definition) is 3. The van der Waals surface area contributed by atoms with E-state index in [-0.39, 0.29) is 5.91 Å². The molecule has 0 spiro atoms. The molecule has 0 bridgehead atoms. The zero-order valence-electron chi connectivity index (χ0n) is 13.4. The Labute approximate surface area is 142 Å². The largest absolute Gasteiger partial charge is 0.358 e. The molecular weight excluding hydrogens is 308 g/mol. The Morgan fingerprint density at radius 1 is 1.22 bits per heavy atom. The monoisotopic (exact) mass is 330 g/mol. The Balaban J connectivity index is 1.81. The first kappa shape index (κ1) is 17.2. The van der Waals surface area contributed by atoms with Gasteiger partial charge in [0, 0.05) is 11.6 Å². The van der Waals surface area contributed by atoms with Crippen LogP contribution in [0.2, 0.25) is 0 Å². The molecule has 1 fully saturated rings. The zero-order chi connectivity index (χ0) is 16.8. The van der Waals surface area contributed by atoms with Crippen LogP contribution in [0.25, 0.3) is 0 Å². The lowest BCUT2D eigenvalue weighted by Gasteiger charge is -2.35. The molecule has 1 saturated carbocycles. The van der Waals surface area contributed by atoms with Crippen molar-refractivity contribution >= 4 is 23.2 Å². The van der Waals surface area contributed by atoms with E-state index in [1.54, 1.807) is 24.3 Å². The van der Waals surface area contributed by atoms with Crippen molar-refractivity contribution in [1.82, 2.24) is 16.2 Å². The summed E-state index contributed by atoms with van der Waals surface area (Å²) < 4.78 is 0. The molecule has 122 valence electrons. The molecular formula is C17H22N4OS. The molecule has 1 aliphatic rings. The summed E-state index contributed by atoms with van der Waals surface area (Å²) in [5.74, 6) is 0.943. The number of amides is 1. The summed E-state index contributed by atoms with van der Waals surface area (Å²) in [6.45, 7) is 4.50. The summed E-state index contributed by atoms with van der Waals surface area (Å²) in [7, 11) is 0. The highest BCUT2D eigenvalue weighted by Gasteiger charge is 2.27. The fraction of sp³-hybridized carbons (Fsp3) is 0.471. The van der Waals surface area contributed by atoms with E-state index in [2.05, 4.69) is 30.0 Å². The molecule has 2 rings (SSSR count). The molecule has 1 amide bonds. The summed E-state index contributed by atoms with van der Waals surface area (Å²) in [4.78, 5) is 12.0. The molecule has 0 unspecified atom stereocenters. The molecule has 0 aromatic heterocycles. The van der Waals surface area contributed by atoms with Gasteiger partial charge in [-0.15, -0.1) is 0 Å². The van der Waals surface area contributed by atoms with Crippen molar-refractivity contribution in [2.24, 2.45) is 11.8 Å². The van der Waals surface area contributed by atoms with Crippen molar-refractivity contribution < 1.29 is 4.79 Å². The zero-order valence-corrected chi connectivity index (χ0v) is 14.2. The van der Waals surface area contributed by atoms with Crippen LogP contribution in [0.15, 0.2) is 24.3 Å². The van der Waals surface area contributed by atoms with Gasteiger partial charge < -0.3 is 5.32 Å². The molecule has 1 aliphatic carbocycles. The van der Waals surface area contributed by atoms with Gasteiger partial charge in [-0.2, -0.15) is 5.26 Å². The molecule has 0 heterocycles. The molecule has 3 atom stereocenters. The van der Waals surface area contributed by atoms with Crippen LogP contribution in [-0.2, 0) is 0 Å². The molecule has 0 saturated heterocycles. The van der Waals surface area contributed by atoms with Gasteiger partial charge in [-0.05, 0) is 54.7 Å². The summed E-state index contributed by atoms with van der Waals surface area (Å²) in [6, 6.07) is 8.79. The Morgan fingerprint density at radius 3 is 2.57 bits per heavy atom. The Hall–Kier alpha value is -2.13. The molecule has 6 heteroatoms. The van der Waals surface area contributed by atoms with Gasteiger partial charge in [-0.25, -0.2) is 0 Å². The van der Waals surface area contributed by atoms with Gasteiger partial charge in [0.15, 0.2) is 5.11 Å². The fourth-order valence-corrected chi connectivity index (χ4v) is 3.07. The highest BCUT2D eigenvalue weighted by atomic mass is 32.1. The van der Waals surface area contributed by atoms with Crippen molar-refractivity contribution in [3.63, 3.8) is 0 Å². The molecule has 0 radical (unpaired) electrons. The van der Waals surface area contributed by atoms with Crippen LogP contribution in [0, 0.1) is 23.2 Å². The van der Waals surface area contributed by atoms with E-state index >= 15 is 0 Å². The highest BCUT2D eigenvalue weighted by molar-refractivity contribution is 7.80. The van der Waals surface area contributed by atoms with Crippen molar-refractivity contribution in [2.45, 2.75) is 39.2 Å². The minimum Gasteiger partial charge on any atom is -0.358 e. The fourth-order valence-electron chi connectivity index (χ4n) is 2.87. The van der Waals surface area contributed by atoms with Crippen LogP contribution in [0.3, 0.4) is 0 Å². The average molecular weight is 330 g/mol. The second-order valence-electron chi connectivity index (χ2n) is 6.12. The first-order valence-corrected chi connectivity index (χ1v) is 8.29. The quantitative estimate of drug-likeness (QED) is 0.574. The maximum atomic E-state index is 12.0. The van der Waals surface area contributed by atoms with Gasteiger partial charge in [0.05, 0.1) is 11.6 Å². The normalized spacial score (nSPS) is 23.4. The van der Waals surface area contributed by atoms with Gasteiger partial charge >= 0.3 is 0 Å². The lowest BCUT2D eigenvalue weighted by atomic mass is 9.78. The molecule has 3 N–H and O–H groups in total. The number of carbonyl (C=O) groups is 1. The summed E-state index contributed by atoms with van der Waals surface area (Å²) >= 11 is 5.25. The van der Waals surface area contributed by atoms with E-state index in [9.17, 15) is 4.79 Å². The summed E-state index contributed by atoms with van der Waals surface area (Å²) in [6.07, 6.45) is 3.55. The first-order chi connectivity index (χ1) is 11.0. The van der Waals surface area contributed by atoms with E-state index < -0.39 is 0 Å². The third kappa shape index (κ3) is 4.67. The summed E-state index contributed by atoms with van der Waals surface area (Å²) in [5.41, 5.74) is 6.32. The number of benzene rings is 1. The second kappa shape index (κ2) is 7.93. The van der Waals surface area contributed by atoms with Crippen molar-refractivity contribution in [3.05, 3.63) is 35.4 Å². The van der Waals surface area contributed by atoms with Crippen LogP contribution in [-0.4, -0.2) is 17.1 Å². The Morgan fingerprint density at radius 2 is 1.91 bits per heavy atom. The number of carbonyl (C=O) groups excluding carboxylic acids is 1. The molecule has 23 heavy (non-hydrogen) atoms. The van der Waals surface area contributed by atoms with Gasteiger partial charge in [0.1, 0.15) is 0 Å². The number of nitrogens with zero attached hydrogens (tertiary/aromatic N) is 1. The SMILES string of the molecule is C[C@@H]1[C@H](C)CCC[C@H]1NC(=S)NNC(=O)c1ccc(C#N)cc1. The van der Waals surface area contributed by atoms with Crippen molar-refractivity contribution in [1.29, 1.82) is 5.26 Å². The predicted molar refractivity (Wildman–Crippen MR) is 93.5 cm³/mol. The minimum atomic E-state index is -0.288. The van der Waals surface area contributed by atoms with E-state index in [1.807, 2.05) is 6.07 Å². The topological polar surface area (TPSA) is 76.9 Å². The maximum Gasteiger partial charge on any atom is 0.269 e. The predicted octanol–water partition coefficient (Wildman–Crippen LogP) is 2.49. The van der Waals surface area contributed by atoms with Crippen LogP contribution in [0.1, 0.15) is 49.0 Å². The third-order valence-electron chi connectivity index (χ3n) is 4.59. The Bertz CT molecular complexity index is 608. The molecule has 1 aromatic carbocycles. The molecule has 0 aliphatic heterocycles. The highest BCUT2D eigenvalue weighted by Crippen LogP contribution is 2.29. The van der Waals surface area contributed by atoms with Crippen LogP contribution in [0.5, 0.6) is 0 Å². The smallest absolute Gasteiger partial charge is 0.269 e. The lowest BCUT2D eigenvalue weighted by Crippen LogP contribution is -2.52. The van der Waals surface area contributed by atoms with Gasteiger partial charge in [-0.3, -0.25) is 15.6 Å². The van der Waals surface area contributed by atoms with E-state index in [0.29, 0.717) is 34.1 Å². The van der Waals surface area contributed by atoms with Crippen molar-refractivity contribution in [3.8, 4) is 6.07 Å². The first-order valence-electron chi connectivity index (χ1n) is 7.88. The summed E-state index contributed by atoms with van der Waals surface area (Å²) in [5, 5.41) is 12.5. The molecule has 5 nitrogen and oxygen atoms in total. The van der Waals surface area contributed by atoms with Crippen LogP contribution < -0.4 is 16.2 Å². The number of hydrogen-bond acceptors (Lipinski definition) is 3. The van der Waals surface area contributed by atoms with Gasteiger partial charge in [0.2, 0.25) is 0 Å². The third-order valence-corrected chi connectivity index (χ3v) is 4.81. The second-order valence-corrected chi connectivity index (χ2v) is 6.52. The van der Waals surface area contributed by atoms with Crippen LogP contribution in [0.4, 0.5) is 0 Å². The molecule has 1 aromatic rings. The van der Waals surface area contributed by atoms with Gasteiger partial charge in [-0.1, -0.05) is 26.7 Å². The standard InChI is InChI=1S/C17H22N4OS/c1-11-4-3-5-15(12(11)2)19-17(23)21-20-16(22)14-8-6-13(10-18)7-9-14/h6-9,11-12,15H,3-5H2,1-2H3,(H,20,22)(H2,19,21,23)/t11-,12-,15-/m1/s1.